The Kier molecular flexibility index (Phi) is 4.73. The van der Waals surface area contributed by atoms with Crippen molar-refractivity contribution in [3.63, 3.8) is 0 Å². The van der Waals surface area contributed by atoms with E-state index in [9.17, 15) is 14.0 Å². The molecule has 0 atom stereocenters. The lowest BCUT2D eigenvalue weighted by Gasteiger charge is -2.29. The third kappa shape index (κ3) is 3.36. The third-order valence-corrected chi connectivity index (χ3v) is 4.79. The second-order valence-electron chi connectivity index (χ2n) is 6.51. The zero-order chi connectivity index (χ0) is 18.8. The van der Waals surface area contributed by atoms with Gasteiger partial charge in [-0.2, -0.15) is 0 Å². The van der Waals surface area contributed by atoms with E-state index in [4.69, 9.17) is 4.74 Å². The minimum atomic E-state index is -0.352. The molecule has 1 fully saturated rings. The molecule has 2 aliphatic rings. The number of amides is 2. The maximum Gasteiger partial charge on any atom is 0.278 e. The molecule has 138 valence electrons. The molecule has 0 saturated carbocycles. The van der Waals surface area contributed by atoms with Crippen LogP contribution in [-0.4, -0.2) is 47.9 Å². The summed E-state index contributed by atoms with van der Waals surface area (Å²) in [6.45, 7) is 2.28. The molecule has 1 saturated heterocycles. The minimum Gasteiger partial charge on any atom is -0.378 e. The maximum absolute atomic E-state index is 13.2. The Morgan fingerprint density at radius 2 is 1.56 bits per heavy atom. The van der Waals surface area contributed by atoms with Crippen LogP contribution in [0.5, 0.6) is 0 Å². The first-order valence-electron chi connectivity index (χ1n) is 8.88. The molecule has 2 aromatic carbocycles. The van der Waals surface area contributed by atoms with Crippen molar-refractivity contribution in [2.45, 2.75) is 6.54 Å². The molecule has 0 radical (unpaired) electrons. The first-order valence-corrected chi connectivity index (χ1v) is 8.88. The van der Waals surface area contributed by atoms with Crippen LogP contribution in [0, 0.1) is 5.82 Å². The van der Waals surface area contributed by atoms with Crippen molar-refractivity contribution in [1.82, 2.24) is 9.80 Å². The highest BCUT2D eigenvalue weighted by Crippen LogP contribution is 2.32. The second kappa shape index (κ2) is 7.32. The first kappa shape index (κ1) is 17.4. The van der Waals surface area contributed by atoms with Crippen molar-refractivity contribution in [2.75, 3.05) is 26.3 Å². The Morgan fingerprint density at radius 3 is 2.22 bits per heavy atom. The smallest absolute Gasteiger partial charge is 0.278 e. The predicted octanol–water partition coefficient (Wildman–Crippen LogP) is 2.44. The van der Waals surface area contributed by atoms with Crippen molar-refractivity contribution in [1.29, 1.82) is 0 Å². The Balaban J connectivity index is 1.71. The van der Waals surface area contributed by atoms with E-state index in [0.717, 1.165) is 5.56 Å². The zero-order valence-corrected chi connectivity index (χ0v) is 14.7. The van der Waals surface area contributed by atoms with Gasteiger partial charge in [-0.3, -0.25) is 14.5 Å². The van der Waals surface area contributed by atoms with Gasteiger partial charge in [0.1, 0.15) is 11.5 Å². The summed E-state index contributed by atoms with van der Waals surface area (Å²) in [7, 11) is 0. The molecule has 0 aliphatic carbocycles. The average Bonchev–Trinajstić information content (AvgIpc) is 2.95. The lowest BCUT2D eigenvalue weighted by molar-refractivity contribution is -0.138. The highest BCUT2D eigenvalue weighted by atomic mass is 19.1. The molecular weight excluding hydrogens is 347 g/mol. The maximum atomic E-state index is 13.2. The second-order valence-corrected chi connectivity index (χ2v) is 6.51. The standard InChI is InChI=1S/C21H19FN2O3/c22-17-8-6-15(7-9-17)14-24-20(25)18(16-4-2-1-3-5-16)19(21(24)26)23-10-12-27-13-11-23/h1-9H,10-14H2. The molecule has 2 amide bonds. The fourth-order valence-electron chi connectivity index (χ4n) is 3.42. The molecule has 2 heterocycles. The number of carbonyl (C=O) groups is 2. The van der Waals surface area contributed by atoms with E-state index in [0.29, 0.717) is 43.1 Å². The van der Waals surface area contributed by atoms with Gasteiger partial charge in [-0.15, -0.1) is 0 Å². The Morgan fingerprint density at radius 1 is 0.889 bits per heavy atom. The Labute approximate surface area is 156 Å². The molecular formula is C21H19FN2O3. The summed E-state index contributed by atoms with van der Waals surface area (Å²) in [5.41, 5.74) is 2.27. The van der Waals surface area contributed by atoms with Crippen molar-refractivity contribution in [3.05, 3.63) is 77.2 Å². The number of carbonyl (C=O) groups excluding carboxylic acids is 2. The van der Waals surface area contributed by atoms with Gasteiger partial charge in [0.15, 0.2) is 0 Å². The summed E-state index contributed by atoms with van der Waals surface area (Å²) < 4.78 is 18.6. The van der Waals surface area contributed by atoms with Gasteiger partial charge < -0.3 is 9.64 Å². The van der Waals surface area contributed by atoms with Crippen molar-refractivity contribution in [2.24, 2.45) is 0 Å². The predicted molar refractivity (Wildman–Crippen MR) is 97.7 cm³/mol. The van der Waals surface area contributed by atoms with Crippen LogP contribution >= 0.6 is 0 Å². The molecule has 0 unspecified atom stereocenters. The van der Waals surface area contributed by atoms with Gasteiger partial charge in [0.2, 0.25) is 0 Å². The van der Waals surface area contributed by atoms with Crippen molar-refractivity contribution in [3.8, 4) is 0 Å². The largest absolute Gasteiger partial charge is 0.378 e. The Bertz CT molecular complexity index is 887. The van der Waals surface area contributed by atoms with Gasteiger partial charge in [0, 0.05) is 13.1 Å². The van der Waals surface area contributed by atoms with E-state index in [1.165, 1.54) is 17.0 Å². The van der Waals surface area contributed by atoms with E-state index in [2.05, 4.69) is 0 Å². The molecule has 0 spiro atoms. The van der Waals surface area contributed by atoms with E-state index in [1.807, 2.05) is 35.2 Å². The molecule has 5 nitrogen and oxygen atoms in total. The van der Waals surface area contributed by atoms with Gasteiger partial charge in [0.25, 0.3) is 11.8 Å². The van der Waals surface area contributed by atoms with Crippen molar-refractivity contribution < 1.29 is 18.7 Å². The number of hydrogen-bond donors (Lipinski definition) is 0. The summed E-state index contributed by atoms with van der Waals surface area (Å²) in [5, 5.41) is 0. The van der Waals surface area contributed by atoms with Gasteiger partial charge >= 0.3 is 0 Å². The molecule has 0 bridgehead atoms. The highest BCUT2D eigenvalue weighted by Gasteiger charge is 2.41. The van der Waals surface area contributed by atoms with E-state index in [-0.39, 0.29) is 24.2 Å². The van der Waals surface area contributed by atoms with E-state index >= 15 is 0 Å². The van der Waals surface area contributed by atoms with Crippen LogP contribution < -0.4 is 0 Å². The number of benzene rings is 2. The van der Waals surface area contributed by atoms with Crippen LogP contribution in [0.15, 0.2) is 60.3 Å². The van der Waals surface area contributed by atoms with Crippen LogP contribution in [-0.2, 0) is 20.9 Å². The normalized spacial score (nSPS) is 17.8. The van der Waals surface area contributed by atoms with Crippen LogP contribution in [0.4, 0.5) is 4.39 Å². The summed E-state index contributed by atoms with van der Waals surface area (Å²) in [6, 6.07) is 15.1. The minimum absolute atomic E-state index is 0.113. The molecule has 4 rings (SSSR count). The number of halogens is 1. The molecule has 2 aliphatic heterocycles. The van der Waals surface area contributed by atoms with Crippen LogP contribution in [0.2, 0.25) is 0 Å². The van der Waals surface area contributed by atoms with Crippen molar-refractivity contribution >= 4 is 17.4 Å². The summed E-state index contributed by atoms with van der Waals surface area (Å²) >= 11 is 0. The summed E-state index contributed by atoms with van der Waals surface area (Å²) in [4.78, 5) is 29.5. The van der Waals surface area contributed by atoms with Gasteiger partial charge in [0.05, 0.1) is 25.3 Å². The summed E-state index contributed by atoms with van der Waals surface area (Å²) in [5.74, 6) is -0.989. The number of rotatable bonds is 4. The quantitative estimate of drug-likeness (QED) is 0.780. The highest BCUT2D eigenvalue weighted by molar-refractivity contribution is 6.35. The molecule has 0 aromatic heterocycles. The number of hydrogen-bond acceptors (Lipinski definition) is 4. The topological polar surface area (TPSA) is 49.9 Å². The van der Waals surface area contributed by atoms with Gasteiger partial charge in [-0.25, -0.2) is 4.39 Å². The SMILES string of the molecule is O=C1C(c2ccccc2)=C(N2CCOCC2)C(=O)N1Cc1ccc(F)cc1. The van der Waals surface area contributed by atoms with Gasteiger partial charge in [-0.05, 0) is 23.3 Å². The van der Waals surface area contributed by atoms with Crippen LogP contribution in [0.1, 0.15) is 11.1 Å². The fourth-order valence-corrected chi connectivity index (χ4v) is 3.42. The number of morpholine rings is 1. The molecule has 2 aromatic rings. The van der Waals surface area contributed by atoms with E-state index in [1.54, 1.807) is 12.1 Å². The number of ether oxygens (including phenoxy) is 1. The molecule has 6 heteroatoms. The van der Waals surface area contributed by atoms with Crippen LogP contribution in [0.25, 0.3) is 5.57 Å². The zero-order valence-electron chi connectivity index (χ0n) is 14.7. The third-order valence-electron chi connectivity index (χ3n) is 4.79. The lowest BCUT2D eigenvalue weighted by atomic mass is 10.0. The monoisotopic (exact) mass is 366 g/mol. The fraction of sp³-hybridized carbons (Fsp3) is 0.238. The lowest BCUT2D eigenvalue weighted by Crippen LogP contribution is -2.40. The van der Waals surface area contributed by atoms with Gasteiger partial charge in [-0.1, -0.05) is 42.5 Å². The molecule has 0 N–H and O–H groups in total. The average molecular weight is 366 g/mol. The number of imide groups is 1. The first-order chi connectivity index (χ1) is 13.1. The molecule has 27 heavy (non-hydrogen) atoms. The number of nitrogens with zero attached hydrogens (tertiary/aromatic N) is 2. The Hall–Kier alpha value is -2.99. The summed E-state index contributed by atoms with van der Waals surface area (Å²) in [6.07, 6.45) is 0. The van der Waals surface area contributed by atoms with E-state index < -0.39 is 0 Å². The van der Waals surface area contributed by atoms with Crippen LogP contribution in [0.3, 0.4) is 0 Å².